The van der Waals surface area contributed by atoms with Crippen molar-refractivity contribution in [1.29, 1.82) is 0 Å². The van der Waals surface area contributed by atoms with Gasteiger partial charge in [-0.1, -0.05) is 13.0 Å². The molecule has 1 unspecified atom stereocenters. The smallest absolute Gasteiger partial charge is 0.270 e. The fraction of sp³-hybridized carbons (Fsp3) is 0.533. The van der Waals surface area contributed by atoms with Gasteiger partial charge in [-0.15, -0.1) is 0 Å². The maximum atomic E-state index is 12.5. The van der Waals surface area contributed by atoms with Gasteiger partial charge in [-0.3, -0.25) is 14.9 Å². The fourth-order valence-electron chi connectivity index (χ4n) is 2.58. The molecule has 1 heterocycles. The van der Waals surface area contributed by atoms with Gasteiger partial charge in [0, 0.05) is 30.8 Å². The molecule has 0 aromatic heterocycles. The van der Waals surface area contributed by atoms with E-state index in [1.165, 1.54) is 12.1 Å². The van der Waals surface area contributed by atoms with Crippen molar-refractivity contribution in [3.63, 3.8) is 0 Å². The molecular weight excluding hydrogens is 288 g/mol. The van der Waals surface area contributed by atoms with Crippen LogP contribution in [0.25, 0.3) is 0 Å². The number of rotatable bonds is 6. The Hall–Kier alpha value is -1.56. The first-order valence-electron chi connectivity index (χ1n) is 7.20. The van der Waals surface area contributed by atoms with Crippen molar-refractivity contribution >= 4 is 24.2 Å². The average molecular weight is 308 g/mol. The van der Waals surface area contributed by atoms with Crippen molar-refractivity contribution in [3.8, 4) is 0 Å². The van der Waals surface area contributed by atoms with Gasteiger partial charge in [0.15, 0.2) is 0 Å². The third-order valence-corrected chi connectivity index (χ3v) is 4.24. The number of amides is 1. The minimum Gasteiger partial charge on any atom is -0.338 e. The van der Waals surface area contributed by atoms with Crippen molar-refractivity contribution in [2.24, 2.45) is 5.92 Å². The Morgan fingerprint density at radius 1 is 1.43 bits per heavy atom. The first-order valence-corrected chi connectivity index (χ1v) is 7.83. The number of thiol groups is 1. The summed E-state index contributed by atoms with van der Waals surface area (Å²) in [6.07, 6.45) is 2.74. The van der Waals surface area contributed by atoms with Crippen LogP contribution in [0.15, 0.2) is 18.2 Å². The third-order valence-electron chi connectivity index (χ3n) is 3.99. The molecule has 6 heteroatoms. The molecule has 0 saturated heterocycles. The topological polar surface area (TPSA) is 63.4 Å². The van der Waals surface area contributed by atoms with Crippen LogP contribution in [0.2, 0.25) is 0 Å². The molecule has 1 amide bonds. The number of carbonyl (C=O) groups excluding carboxylic acids is 1. The molecule has 1 aromatic carbocycles. The molecular formula is C15H20N2O3S. The van der Waals surface area contributed by atoms with Gasteiger partial charge in [0.1, 0.15) is 0 Å². The van der Waals surface area contributed by atoms with E-state index in [-0.39, 0.29) is 11.6 Å². The SMILES string of the molecule is CC(CCS)CCN1CCc2ccc([N+](=O)[O-])cc2C1=O. The van der Waals surface area contributed by atoms with Gasteiger partial charge in [-0.25, -0.2) is 0 Å². The molecule has 0 spiro atoms. The number of benzene rings is 1. The number of fused-ring (bicyclic) bond motifs is 1. The van der Waals surface area contributed by atoms with E-state index in [0.717, 1.165) is 30.6 Å². The monoisotopic (exact) mass is 308 g/mol. The van der Waals surface area contributed by atoms with Gasteiger partial charge in [0.25, 0.3) is 11.6 Å². The second-order valence-corrected chi connectivity index (χ2v) is 5.99. The summed E-state index contributed by atoms with van der Waals surface area (Å²) < 4.78 is 0. The molecule has 1 aliphatic heterocycles. The highest BCUT2D eigenvalue weighted by atomic mass is 32.1. The van der Waals surface area contributed by atoms with Gasteiger partial charge >= 0.3 is 0 Å². The van der Waals surface area contributed by atoms with Crippen molar-refractivity contribution in [2.45, 2.75) is 26.2 Å². The zero-order chi connectivity index (χ0) is 15.4. The maximum Gasteiger partial charge on any atom is 0.270 e. The molecule has 0 fully saturated rings. The molecule has 1 aliphatic rings. The molecule has 0 aliphatic carbocycles. The Bertz CT molecular complexity index is 548. The van der Waals surface area contributed by atoms with E-state index in [1.54, 1.807) is 11.0 Å². The molecule has 0 N–H and O–H groups in total. The number of nitro benzene ring substituents is 1. The summed E-state index contributed by atoms with van der Waals surface area (Å²) >= 11 is 4.22. The van der Waals surface area contributed by atoms with E-state index in [0.29, 0.717) is 24.6 Å². The lowest BCUT2D eigenvalue weighted by Crippen LogP contribution is -2.38. The minimum atomic E-state index is -0.457. The number of hydrogen-bond donors (Lipinski definition) is 1. The van der Waals surface area contributed by atoms with E-state index < -0.39 is 4.92 Å². The van der Waals surface area contributed by atoms with Crippen LogP contribution in [0, 0.1) is 16.0 Å². The number of nitrogens with zero attached hydrogens (tertiary/aromatic N) is 2. The first kappa shape index (κ1) is 15.8. The molecule has 2 rings (SSSR count). The van der Waals surface area contributed by atoms with E-state index in [2.05, 4.69) is 19.6 Å². The lowest BCUT2D eigenvalue weighted by atomic mass is 9.97. The van der Waals surface area contributed by atoms with Crippen molar-refractivity contribution in [3.05, 3.63) is 39.4 Å². The number of nitro groups is 1. The summed E-state index contributed by atoms with van der Waals surface area (Å²) in [5.41, 5.74) is 1.37. The van der Waals surface area contributed by atoms with E-state index >= 15 is 0 Å². The van der Waals surface area contributed by atoms with Gasteiger partial charge in [0.2, 0.25) is 0 Å². The van der Waals surface area contributed by atoms with Gasteiger partial charge in [-0.2, -0.15) is 12.6 Å². The minimum absolute atomic E-state index is 0.0209. The van der Waals surface area contributed by atoms with E-state index in [9.17, 15) is 14.9 Å². The molecule has 1 atom stereocenters. The van der Waals surface area contributed by atoms with E-state index in [4.69, 9.17) is 0 Å². The molecule has 0 saturated carbocycles. The highest BCUT2D eigenvalue weighted by molar-refractivity contribution is 7.80. The van der Waals surface area contributed by atoms with Gasteiger partial charge in [-0.05, 0) is 36.5 Å². The molecule has 0 radical (unpaired) electrons. The zero-order valence-electron chi connectivity index (χ0n) is 12.1. The Morgan fingerprint density at radius 2 is 2.19 bits per heavy atom. The molecule has 5 nitrogen and oxygen atoms in total. The summed E-state index contributed by atoms with van der Waals surface area (Å²) in [6.45, 7) is 3.55. The maximum absolute atomic E-state index is 12.5. The molecule has 21 heavy (non-hydrogen) atoms. The normalized spacial score (nSPS) is 15.7. The van der Waals surface area contributed by atoms with Gasteiger partial charge < -0.3 is 4.90 Å². The Kier molecular flexibility index (Phi) is 5.22. The number of non-ortho nitro benzene ring substituents is 1. The Balaban J connectivity index is 2.08. The van der Waals surface area contributed by atoms with Crippen LogP contribution in [-0.2, 0) is 6.42 Å². The lowest BCUT2D eigenvalue weighted by Gasteiger charge is -2.29. The third kappa shape index (κ3) is 3.75. The quantitative estimate of drug-likeness (QED) is 0.499. The Labute approximate surface area is 129 Å². The molecule has 1 aromatic rings. The van der Waals surface area contributed by atoms with Crippen LogP contribution in [0.4, 0.5) is 5.69 Å². The summed E-state index contributed by atoms with van der Waals surface area (Å²) in [5, 5.41) is 10.8. The second kappa shape index (κ2) is 6.93. The lowest BCUT2D eigenvalue weighted by molar-refractivity contribution is -0.384. The van der Waals surface area contributed by atoms with E-state index in [1.807, 2.05) is 0 Å². The predicted octanol–water partition coefficient (Wildman–Crippen LogP) is 2.94. The molecule has 114 valence electrons. The van der Waals surface area contributed by atoms with Crippen molar-refractivity contribution in [1.82, 2.24) is 4.90 Å². The number of carbonyl (C=O) groups is 1. The Morgan fingerprint density at radius 3 is 2.86 bits per heavy atom. The van der Waals surface area contributed by atoms with Crippen LogP contribution >= 0.6 is 12.6 Å². The van der Waals surface area contributed by atoms with Crippen molar-refractivity contribution < 1.29 is 9.72 Å². The van der Waals surface area contributed by atoms with Gasteiger partial charge in [0.05, 0.1) is 4.92 Å². The summed E-state index contributed by atoms with van der Waals surface area (Å²) in [7, 11) is 0. The standard InChI is InChI=1S/C15H20N2O3S/c1-11(6-9-21)4-7-16-8-5-12-2-3-13(17(19)20)10-14(12)15(16)18/h2-3,10-11,21H,4-9H2,1H3. The van der Waals surface area contributed by atoms with Crippen LogP contribution in [0.3, 0.4) is 0 Å². The predicted molar refractivity (Wildman–Crippen MR) is 85.0 cm³/mol. The largest absolute Gasteiger partial charge is 0.338 e. The average Bonchev–Trinajstić information content (AvgIpc) is 2.46. The molecule has 0 bridgehead atoms. The second-order valence-electron chi connectivity index (χ2n) is 5.55. The number of hydrogen-bond acceptors (Lipinski definition) is 4. The first-order chi connectivity index (χ1) is 10.0. The zero-order valence-corrected chi connectivity index (χ0v) is 13.0. The fourth-order valence-corrected chi connectivity index (χ4v) is 3.02. The summed E-state index contributed by atoms with van der Waals surface area (Å²) in [6, 6.07) is 4.57. The summed E-state index contributed by atoms with van der Waals surface area (Å²) in [4.78, 5) is 24.6. The van der Waals surface area contributed by atoms with Crippen LogP contribution in [0.1, 0.15) is 35.7 Å². The highest BCUT2D eigenvalue weighted by Crippen LogP contribution is 2.24. The van der Waals surface area contributed by atoms with Crippen LogP contribution in [-0.4, -0.2) is 34.6 Å². The van der Waals surface area contributed by atoms with Crippen molar-refractivity contribution in [2.75, 3.05) is 18.8 Å². The summed E-state index contributed by atoms with van der Waals surface area (Å²) in [5.74, 6) is 1.30. The van der Waals surface area contributed by atoms with Crippen LogP contribution in [0.5, 0.6) is 0 Å². The van der Waals surface area contributed by atoms with Crippen LogP contribution < -0.4 is 0 Å². The highest BCUT2D eigenvalue weighted by Gasteiger charge is 2.26.